The molecular weight excluding hydrogens is 432 g/mol. The van der Waals surface area contributed by atoms with Crippen LogP contribution in [0.2, 0.25) is 0 Å². The molecule has 1 heterocycles. The number of hydrogen-bond donors (Lipinski definition) is 1. The van der Waals surface area contributed by atoms with E-state index in [4.69, 9.17) is 0 Å². The number of anilines is 1. The van der Waals surface area contributed by atoms with Gasteiger partial charge in [0.25, 0.3) is 10.0 Å². The molecule has 0 aliphatic carbocycles. The number of carbonyl (C=O) groups excluding carboxylic acids is 1. The second kappa shape index (κ2) is 8.71. The predicted molar refractivity (Wildman–Crippen MR) is 131 cm³/mol. The molecule has 0 saturated heterocycles. The highest BCUT2D eigenvalue weighted by Crippen LogP contribution is 2.41. The van der Waals surface area contributed by atoms with E-state index in [1.807, 2.05) is 54.6 Å². The van der Waals surface area contributed by atoms with Crippen LogP contribution < -0.4 is 9.62 Å². The minimum Gasteiger partial charge on any atom is -0.354 e. The van der Waals surface area contributed by atoms with E-state index in [-0.39, 0.29) is 23.3 Å². The van der Waals surface area contributed by atoms with Gasteiger partial charge in [0.15, 0.2) is 0 Å². The van der Waals surface area contributed by atoms with Crippen molar-refractivity contribution in [3.8, 4) is 0 Å². The fourth-order valence-electron chi connectivity index (χ4n) is 4.57. The lowest BCUT2D eigenvalue weighted by atomic mass is 9.88. The third-order valence-electron chi connectivity index (χ3n) is 6.13. The summed E-state index contributed by atoms with van der Waals surface area (Å²) >= 11 is 0. The van der Waals surface area contributed by atoms with Crippen LogP contribution in [0.5, 0.6) is 0 Å². The van der Waals surface area contributed by atoms with Crippen LogP contribution >= 0.6 is 0 Å². The Balaban J connectivity index is 1.30. The molecule has 166 valence electrons. The van der Waals surface area contributed by atoms with Gasteiger partial charge in [-0.1, -0.05) is 84.9 Å². The second-order valence-corrected chi connectivity index (χ2v) is 9.99. The van der Waals surface area contributed by atoms with Gasteiger partial charge in [-0.3, -0.25) is 9.10 Å². The average Bonchev–Trinajstić information content (AvgIpc) is 3.06. The summed E-state index contributed by atoms with van der Waals surface area (Å²) in [6.45, 7) is 0.204. The summed E-state index contributed by atoms with van der Waals surface area (Å²) in [6, 6.07) is 31.1. The van der Waals surface area contributed by atoms with Crippen LogP contribution in [0.1, 0.15) is 23.5 Å². The highest BCUT2D eigenvalue weighted by atomic mass is 32.2. The van der Waals surface area contributed by atoms with Crippen molar-refractivity contribution in [2.24, 2.45) is 0 Å². The first-order valence-corrected chi connectivity index (χ1v) is 12.4. The number of amides is 1. The minimum absolute atomic E-state index is 0.140. The lowest BCUT2D eigenvalue weighted by Crippen LogP contribution is -2.39. The van der Waals surface area contributed by atoms with Gasteiger partial charge in [0, 0.05) is 17.8 Å². The van der Waals surface area contributed by atoms with Crippen LogP contribution in [0, 0.1) is 0 Å². The van der Waals surface area contributed by atoms with Gasteiger partial charge in [0.2, 0.25) is 5.91 Å². The van der Waals surface area contributed by atoms with Gasteiger partial charge in [-0.15, -0.1) is 0 Å². The number of carbonyl (C=O) groups is 1. The first kappa shape index (κ1) is 21.2. The normalized spacial score (nSPS) is 14.0. The average molecular weight is 457 g/mol. The van der Waals surface area contributed by atoms with Crippen molar-refractivity contribution in [2.75, 3.05) is 17.4 Å². The fraction of sp³-hybridized carbons (Fsp3) is 0.148. The summed E-state index contributed by atoms with van der Waals surface area (Å²) in [5.74, 6) is -0.176. The van der Waals surface area contributed by atoms with Crippen LogP contribution in [0.25, 0.3) is 10.8 Å². The predicted octanol–water partition coefficient (Wildman–Crippen LogP) is 4.69. The summed E-state index contributed by atoms with van der Waals surface area (Å²) in [7, 11) is -3.75. The van der Waals surface area contributed by atoms with Crippen molar-refractivity contribution in [3.63, 3.8) is 0 Å². The maximum absolute atomic E-state index is 13.1. The lowest BCUT2D eigenvalue weighted by Gasteiger charge is -2.20. The van der Waals surface area contributed by atoms with Crippen LogP contribution in [0.15, 0.2) is 102 Å². The van der Waals surface area contributed by atoms with Gasteiger partial charge in [-0.05, 0) is 35.1 Å². The number of hydrogen-bond acceptors (Lipinski definition) is 3. The largest absolute Gasteiger partial charge is 0.354 e. The van der Waals surface area contributed by atoms with Gasteiger partial charge in [0.05, 0.1) is 10.6 Å². The van der Waals surface area contributed by atoms with E-state index in [2.05, 4.69) is 29.6 Å². The van der Waals surface area contributed by atoms with Crippen molar-refractivity contribution < 1.29 is 13.2 Å². The van der Waals surface area contributed by atoms with Crippen molar-refractivity contribution in [1.29, 1.82) is 0 Å². The van der Waals surface area contributed by atoms with Crippen LogP contribution in [-0.4, -0.2) is 27.4 Å². The molecular formula is C27H24N2O3S. The van der Waals surface area contributed by atoms with E-state index < -0.39 is 10.0 Å². The van der Waals surface area contributed by atoms with Gasteiger partial charge >= 0.3 is 0 Å². The number of nitrogens with one attached hydrogen (secondary N) is 1. The van der Waals surface area contributed by atoms with E-state index in [1.165, 1.54) is 15.4 Å². The Kier molecular flexibility index (Phi) is 5.60. The van der Waals surface area contributed by atoms with Crippen LogP contribution in [0.4, 0.5) is 5.69 Å². The van der Waals surface area contributed by atoms with Crippen molar-refractivity contribution in [3.05, 3.63) is 108 Å². The molecule has 33 heavy (non-hydrogen) atoms. The van der Waals surface area contributed by atoms with Gasteiger partial charge in [-0.2, -0.15) is 0 Å². The monoisotopic (exact) mass is 456 g/mol. The molecule has 4 aromatic rings. The zero-order valence-electron chi connectivity index (χ0n) is 18.0. The van der Waals surface area contributed by atoms with E-state index in [0.717, 1.165) is 5.39 Å². The molecule has 1 amide bonds. The quantitative estimate of drug-likeness (QED) is 0.439. The van der Waals surface area contributed by atoms with Gasteiger partial charge in [0.1, 0.15) is 6.54 Å². The minimum atomic E-state index is -3.75. The molecule has 0 atom stereocenters. The zero-order chi connectivity index (χ0) is 22.8. The molecule has 0 saturated carbocycles. The first-order valence-electron chi connectivity index (χ1n) is 11.0. The molecule has 1 aliphatic rings. The van der Waals surface area contributed by atoms with Gasteiger partial charge < -0.3 is 5.32 Å². The molecule has 1 N–H and O–H groups in total. The number of sulfonamides is 1. The molecule has 1 aliphatic heterocycles. The molecule has 4 aromatic carbocycles. The highest BCUT2D eigenvalue weighted by molar-refractivity contribution is 7.93. The Bertz CT molecular complexity index is 1360. The summed E-state index contributed by atoms with van der Waals surface area (Å²) in [4.78, 5) is 13.1. The SMILES string of the molecule is O=C(CN1c2cccc3cccc(c23)S1(=O)=O)NCCC(c1ccccc1)c1ccccc1. The Morgan fingerprint density at radius 1 is 0.788 bits per heavy atom. The van der Waals surface area contributed by atoms with Crippen LogP contribution in [0.3, 0.4) is 0 Å². The molecule has 0 radical (unpaired) electrons. The van der Waals surface area contributed by atoms with E-state index in [1.54, 1.807) is 18.2 Å². The number of rotatable bonds is 7. The molecule has 0 bridgehead atoms. The Labute approximate surface area is 193 Å². The molecule has 5 rings (SSSR count). The summed E-state index contributed by atoms with van der Waals surface area (Å²) in [6.07, 6.45) is 0.711. The molecule has 0 aromatic heterocycles. The molecule has 0 fully saturated rings. The summed E-state index contributed by atoms with van der Waals surface area (Å²) < 4.78 is 27.4. The van der Waals surface area contributed by atoms with Crippen molar-refractivity contribution >= 4 is 32.4 Å². The standard InChI is InChI=1S/C27H24N2O3S/c30-26(19-29-24-15-7-13-22-14-8-16-25(27(22)24)33(29,31)32)28-18-17-23(20-9-3-1-4-10-20)21-11-5-2-6-12-21/h1-16,23H,17-19H2,(H,28,30). The third-order valence-corrected chi connectivity index (χ3v) is 7.93. The van der Waals surface area contributed by atoms with E-state index in [9.17, 15) is 13.2 Å². The Morgan fingerprint density at radius 2 is 1.39 bits per heavy atom. The fourth-order valence-corrected chi connectivity index (χ4v) is 6.23. The number of nitrogens with zero attached hydrogens (tertiary/aromatic N) is 1. The lowest BCUT2D eigenvalue weighted by molar-refractivity contribution is -0.119. The highest BCUT2D eigenvalue weighted by Gasteiger charge is 2.36. The maximum atomic E-state index is 13.1. The van der Waals surface area contributed by atoms with E-state index in [0.29, 0.717) is 24.0 Å². The smallest absolute Gasteiger partial charge is 0.265 e. The molecule has 5 nitrogen and oxygen atoms in total. The summed E-state index contributed by atoms with van der Waals surface area (Å²) in [5.41, 5.74) is 2.93. The van der Waals surface area contributed by atoms with Crippen molar-refractivity contribution in [1.82, 2.24) is 5.32 Å². The van der Waals surface area contributed by atoms with Gasteiger partial charge in [-0.25, -0.2) is 8.42 Å². The molecule has 0 unspecified atom stereocenters. The molecule has 6 heteroatoms. The summed E-state index contributed by atoms with van der Waals surface area (Å²) in [5, 5.41) is 4.46. The Morgan fingerprint density at radius 3 is 2.03 bits per heavy atom. The first-order chi connectivity index (χ1) is 16.1. The number of benzene rings is 4. The second-order valence-electron chi connectivity index (χ2n) is 8.16. The topological polar surface area (TPSA) is 66.5 Å². The zero-order valence-corrected chi connectivity index (χ0v) is 18.8. The van der Waals surface area contributed by atoms with Crippen LogP contribution in [-0.2, 0) is 14.8 Å². The molecule has 0 spiro atoms. The maximum Gasteiger partial charge on any atom is 0.265 e. The Hall–Kier alpha value is -3.64. The van der Waals surface area contributed by atoms with Crippen molar-refractivity contribution in [2.45, 2.75) is 17.2 Å². The third kappa shape index (κ3) is 3.98. The van der Waals surface area contributed by atoms with E-state index >= 15 is 0 Å².